The molecule has 2 aliphatic heterocycles. The van der Waals surface area contributed by atoms with Crippen LogP contribution in [0.25, 0.3) is 21.5 Å². The van der Waals surface area contributed by atoms with Gasteiger partial charge in [-0.3, -0.25) is 23.0 Å². The van der Waals surface area contributed by atoms with Crippen LogP contribution >= 0.6 is 0 Å². The fourth-order valence-corrected chi connectivity index (χ4v) is 12.5. The molecule has 412 valence electrons. The molecular weight excluding hydrogens is 1060 g/mol. The van der Waals surface area contributed by atoms with Crippen LogP contribution in [0.3, 0.4) is 0 Å². The lowest BCUT2D eigenvalue weighted by Gasteiger charge is -2.31. The third kappa shape index (κ3) is 14.3. The van der Waals surface area contributed by atoms with Crippen molar-refractivity contribution in [1.29, 1.82) is 0 Å². The molecule has 0 amide bonds. The Labute approximate surface area is 437 Å². The molecular formula is C50H65N2O19S4+. The number of allylic oxidation sites excluding steroid dienone is 4. The Morgan fingerprint density at radius 2 is 1.27 bits per heavy atom. The van der Waals surface area contributed by atoms with Crippen LogP contribution in [0.15, 0.2) is 93.2 Å². The summed E-state index contributed by atoms with van der Waals surface area (Å²) in [4.78, 5) is 11.5. The number of nitrogens with zero attached hydrogens (tertiary/aromatic N) is 2. The summed E-state index contributed by atoms with van der Waals surface area (Å²) in [6, 6.07) is 12.8. The number of methoxy groups -OCH3 is 2. The van der Waals surface area contributed by atoms with E-state index >= 15 is 0 Å². The Balaban J connectivity index is 1.55. The lowest BCUT2D eigenvalue weighted by Crippen LogP contribution is -2.33. The minimum absolute atomic E-state index is 0.0277. The molecule has 2 heterocycles. The first kappa shape index (κ1) is 59.5. The number of unbranched alkanes of at least 4 members (excludes halogenated alkanes) is 2. The van der Waals surface area contributed by atoms with Gasteiger partial charge in [-0.05, 0) is 110 Å². The Kier molecular flexibility index (Phi) is 19.6. The van der Waals surface area contributed by atoms with E-state index in [0.717, 1.165) is 6.07 Å². The predicted octanol–water partition coefficient (Wildman–Crippen LogP) is 6.35. The van der Waals surface area contributed by atoms with Crippen LogP contribution in [0, 0.1) is 0 Å². The van der Waals surface area contributed by atoms with Gasteiger partial charge in [-0.25, -0.2) is 0 Å². The van der Waals surface area contributed by atoms with Crippen molar-refractivity contribution in [2.45, 2.75) is 84.3 Å². The first-order valence-corrected chi connectivity index (χ1v) is 30.0. The number of fused-ring (bicyclic) bond motifs is 6. The van der Waals surface area contributed by atoms with Gasteiger partial charge in [0.1, 0.15) is 11.5 Å². The summed E-state index contributed by atoms with van der Waals surface area (Å²) >= 11 is 0. The van der Waals surface area contributed by atoms with Crippen LogP contribution in [-0.4, -0.2) is 159 Å². The molecule has 4 aromatic carbocycles. The van der Waals surface area contributed by atoms with Gasteiger partial charge in [0.05, 0.1) is 60.6 Å². The van der Waals surface area contributed by atoms with Crippen molar-refractivity contribution in [3.63, 3.8) is 0 Å². The molecule has 0 saturated carbocycles. The number of hydrogen-bond donors (Lipinski definition) is 5. The Hall–Kier alpha value is -4.74. The Morgan fingerprint density at radius 3 is 1.88 bits per heavy atom. The van der Waals surface area contributed by atoms with Crippen LogP contribution in [-0.2, 0) is 79.8 Å². The molecule has 6 rings (SSSR count). The van der Waals surface area contributed by atoms with Crippen LogP contribution < -0.4 is 4.90 Å². The first-order chi connectivity index (χ1) is 35.3. The Bertz CT molecular complexity index is 3320. The second kappa shape index (κ2) is 24.7. The van der Waals surface area contributed by atoms with E-state index < -0.39 is 72.8 Å². The number of ether oxygens (including phenoxy) is 5. The van der Waals surface area contributed by atoms with Gasteiger partial charge in [-0.15, -0.1) is 0 Å². The molecule has 0 radical (unpaired) electrons. The standard InChI is InChI=1S/C50H64N2O19S4/c1-49(19-9-31-72(55,56)57)44(52(22-24-67-3)41-17-14-35-13-15-36(73(58,59)60)32-39(35)47(41)49)10-8-11-45-50(2,20-23-69-27-28-71-30-29-70-26-25-68-4)48-40-33-37(74(61,62)63)34-43(75(64,65)66)38(40)16-18-42(48)51(45)21-7-5-6-12-46(53)54/h8,10-11,13-18,32-34H,5-7,9,12,19-31H2,1-4H3,(H4-,53,54,55,56,57,58,59,60,61,62,63,64,65,66)/p+1. The topological polar surface area (TPSA) is 307 Å². The quantitative estimate of drug-likeness (QED) is 0.0216. The van der Waals surface area contributed by atoms with Gasteiger partial charge in [0.15, 0.2) is 12.3 Å². The average Bonchev–Trinajstić information content (AvgIpc) is 3.70. The maximum atomic E-state index is 13.0. The van der Waals surface area contributed by atoms with Gasteiger partial charge in [0.2, 0.25) is 5.69 Å². The normalized spacial score (nSPS) is 18.8. The summed E-state index contributed by atoms with van der Waals surface area (Å²) in [5.41, 5.74) is 1.19. The van der Waals surface area contributed by atoms with Crippen molar-refractivity contribution < 1.29 is 90.0 Å². The minimum Gasteiger partial charge on any atom is -0.481 e. The third-order valence-corrected chi connectivity index (χ3v) is 17.0. The largest absolute Gasteiger partial charge is 0.481 e. The second-order valence-corrected chi connectivity index (χ2v) is 24.5. The maximum Gasteiger partial charge on any atom is 0.303 e. The summed E-state index contributed by atoms with van der Waals surface area (Å²) in [6.45, 7) is 6.42. The molecule has 0 fully saturated rings. The molecule has 0 aromatic heterocycles. The van der Waals surface area contributed by atoms with Gasteiger partial charge >= 0.3 is 5.97 Å². The lowest BCUT2D eigenvalue weighted by atomic mass is 9.74. The Morgan fingerprint density at radius 1 is 0.640 bits per heavy atom. The number of anilines is 1. The van der Waals surface area contributed by atoms with Gasteiger partial charge < -0.3 is 33.7 Å². The lowest BCUT2D eigenvalue weighted by molar-refractivity contribution is -0.441. The summed E-state index contributed by atoms with van der Waals surface area (Å²) in [6.07, 6.45) is 6.94. The van der Waals surface area contributed by atoms with Crippen LogP contribution in [0.5, 0.6) is 0 Å². The van der Waals surface area contributed by atoms with E-state index in [9.17, 15) is 61.8 Å². The van der Waals surface area contributed by atoms with E-state index in [4.69, 9.17) is 23.7 Å². The zero-order valence-electron chi connectivity index (χ0n) is 42.1. The average molecular weight is 1130 g/mol. The van der Waals surface area contributed by atoms with Gasteiger partial charge in [-0.1, -0.05) is 24.6 Å². The van der Waals surface area contributed by atoms with Crippen LogP contribution in [0.4, 0.5) is 11.4 Å². The number of rotatable bonds is 30. The van der Waals surface area contributed by atoms with Crippen molar-refractivity contribution in [3.8, 4) is 0 Å². The van der Waals surface area contributed by atoms with Crippen LogP contribution in [0.2, 0.25) is 0 Å². The molecule has 0 spiro atoms. The van der Waals surface area contributed by atoms with E-state index in [1.54, 1.807) is 31.4 Å². The molecule has 0 saturated heterocycles. The smallest absolute Gasteiger partial charge is 0.303 e. The zero-order chi connectivity index (χ0) is 55.0. The third-order valence-electron chi connectivity index (χ3n) is 13.6. The monoisotopic (exact) mass is 1130 g/mol. The van der Waals surface area contributed by atoms with Gasteiger partial charge in [0.25, 0.3) is 40.5 Å². The van der Waals surface area contributed by atoms with Gasteiger partial charge in [0, 0.05) is 73.7 Å². The molecule has 5 N–H and O–H groups in total. The number of carbonyl (C=O) groups is 1. The molecule has 2 atom stereocenters. The summed E-state index contributed by atoms with van der Waals surface area (Å²) < 4.78 is 171. The van der Waals surface area contributed by atoms with Crippen molar-refractivity contribution in [2.75, 3.05) is 90.8 Å². The van der Waals surface area contributed by atoms with E-state index in [-0.39, 0.29) is 80.9 Å². The number of aliphatic carboxylic acids is 1. The van der Waals surface area contributed by atoms with Crippen LogP contribution in [0.1, 0.15) is 69.9 Å². The second-order valence-electron chi connectivity index (χ2n) is 18.7. The molecule has 2 unspecified atom stereocenters. The number of carboxylic acids is 1. The van der Waals surface area contributed by atoms with E-state index in [2.05, 4.69) is 0 Å². The zero-order valence-corrected chi connectivity index (χ0v) is 45.4. The number of benzene rings is 4. The highest BCUT2D eigenvalue weighted by atomic mass is 32.2. The summed E-state index contributed by atoms with van der Waals surface area (Å²) in [5, 5.41) is 10.5. The molecule has 25 heteroatoms. The highest BCUT2D eigenvalue weighted by Crippen LogP contribution is 2.54. The SMILES string of the molecule is COCCOCCOCCOCCC1(C)/C(=C\C=C\C2=[N+](CCOC)c3ccc4ccc(S(=O)(=O)O)cc4c3C2(C)CCCS(=O)(=O)O)N(CCCCCC(=O)O)c2ccc3c(S(=O)(=O)O)cc(S(=O)(=O)O)cc3c21. The van der Waals surface area contributed by atoms with Crippen molar-refractivity contribution >= 4 is 85.1 Å². The molecule has 4 aromatic rings. The fraction of sp³-hybridized carbons (Fsp3) is 0.480. The molecule has 0 bridgehead atoms. The first-order valence-electron chi connectivity index (χ1n) is 24.1. The van der Waals surface area contributed by atoms with Crippen molar-refractivity contribution in [1.82, 2.24) is 0 Å². The molecule has 2 aliphatic rings. The van der Waals surface area contributed by atoms with Crippen molar-refractivity contribution in [2.24, 2.45) is 0 Å². The van der Waals surface area contributed by atoms with Gasteiger partial charge in [-0.2, -0.15) is 38.2 Å². The number of carboxylic acid groups (broad SMARTS) is 1. The molecule has 75 heavy (non-hydrogen) atoms. The fourth-order valence-electron chi connectivity index (χ4n) is 10.1. The van der Waals surface area contributed by atoms with Crippen molar-refractivity contribution in [3.05, 3.63) is 89.6 Å². The summed E-state index contributed by atoms with van der Waals surface area (Å²) in [7, 11) is -16.1. The maximum absolute atomic E-state index is 13.0. The molecule has 0 aliphatic carbocycles. The molecule has 21 nitrogen and oxygen atoms in total. The minimum atomic E-state index is -5.09. The van der Waals surface area contributed by atoms with E-state index in [0.29, 0.717) is 96.4 Å². The number of hydrogen-bond acceptors (Lipinski definition) is 15. The van der Waals surface area contributed by atoms with E-state index in [1.165, 1.54) is 25.3 Å². The summed E-state index contributed by atoms with van der Waals surface area (Å²) in [5.74, 6) is -1.54. The predicted molar refractivity (Wildman–Crippen MR) is 279 cm³/mol. The highest BCUT2D eigenvalue weighted by molar-refractivity contribution is 7.87. The van der Waals surface area contributed by atoms with E-state index in [1.807, 2.05) is 41.5 Å². The highest BCUT2D eigenvalue weighted by Gasteiger charge is 2.49.